The molecule has 16 heavy (non-hydrogen) atoms. The van der Waals surface area contributed by atoms with Crippen molar-refractivity contribution in [1.29, 1.82) is 0 Å². The van der Waals surface area contributed by atoms with Crippen molar-refractivity contribution in [3.8, 4) is 0 Å². The van der Waals surface area contributed by atoms with Gasteiger partial charge in [-0.1, -0.05) is 41.0 Å². The second kappa shape index (κ2) is 7.29. The van der Waals surface area contributed by atoms with Gasteiger partial charge in [0.1, 0.15) is 0 Å². The number of rotatable bonds is 8. The molecule has 0 aliphatic rings. The van der Waals surface area contributed by atoms with Crippen molar-refractivity contribution in [2.45, 2.75) is 59.9 Å². The second-order valence-electron chi connectivity index (χ2n) is 6.39. The lowest BCUT2D eigenvalue weighted by atomic mass is 9.96. The quantitative estimate of drug-likeness (QED) is 0.691. The maximum absolute atomic E-state index is 6.34. The zero-order chi connectivity index (χ0) is 12.8. The Morgan fingerprint density at radius 3 is 1.81 bits per heavy atom. The Labute approximate surface area is 103 Å². The van der Waals surface area contributed by atoms with E-state index in [4.69, 9.17) is 5.73 Å². The summed E-state index contributed by atoms with van der Waals surface area (Å²) < 4.78 is 0. The molecule has 0 amide bonds. The van der Waals surface area contributed by atoms with Crippen LogP contribution in [0.3, 0.4) is 0 Å². The van der Waals surface area contributed by atoms with E-state index in [-0.39, 0.29) is 5.54 Å². The van der Waals surface area contributed by atoms with Crippen LogP contribution in [-0.4, -0.2) is 30.1 Å². The maximum Gasteiger partial charge on any atom is 0.0254 e. The highest BCUT2D eigenvalue weighted by atomic mass is 15.1. The lowest BCUT2D eigenvalue weighted by Crippen LogP contribution is -2.49. The smallest absolute Gasteiger partial charge is 0.0254 e. The van der Waals surface area contributed by atoms with Crippen LogP contribution in [0, 0.1) is 11.8 Å². The minimum atomic E-state index is -0.0292. The van der Waals surface area contributed by atoms with Crippen LogP contribution in [0.4, 0.5) is 0 Å². The first-order valence-corrected chi connectivity index (χ1v) is 6.78. The fourth-order valence-electron chi connectivity index (χ4n) is 2.40. The Morgan fingerprint density at radius 1 is 1.06 bits per heavy atom. The molecular weight excluding hydrogens is 196 g/mol. The lowest BCUT2D eigenvalue weighted by Gasteiger charge is -2.34. The highest BCUT2D eigenvalue weighted by molar-refractivity contribution is 4.83. The summed E-state index contributed by atoms with van der Waals surface area (Å²) in [5, 5.41) is 0. The van der Waals surface area contributed by atoms with E-state index in [1.165, 1.54) is 6.42 Å². The van der Waals surface area contributed by atoms with Crippen molar-refractivity contribution in [3.63, 3.8) is 0 Å². The van der Waals surface area contributed by atoms with Gasteiger partial charge in [0, 0.05) is 25.2 Å². The molecule has 0 saturated carbocycles. The van der Waals surface area contributed by atoms with Crippen molar-refractivity contribution in [2.24, 2.45) is 17.6 Å². The van der Waals surface area contributed by atoms with Gasteiger partial charge in [-0.3, -0.25) is 0 Å². The molecule has 1 unspecified atom stereocenters. The van der Waals surface area contributed by atoms with Gasteiger partial charge in [-0.15, -0.1) is 0 Å². The molecule has 1 atom stereocenters. The molecule has 0 aliphatic heterocycles. The van der Waals surface area contributed by atoms with Crippen LogP contribution < -0.4 is 5.73 Å². The van der Waals surface area contributed by atoms with Crippen molar-refractivity contribution >= 4 is 0 Å². The van der Waals surface area contributed by atoms with Crippen molar-refractivity contribution in [3.05, 3.63) is 0 Å². The predicted octanol–water partition coefficient (Wildman–Crippen LogP) is 3.12. The average Bonchev–Trinajstić information content (AvgIpc) is 1.98. The molecule has 2 nitrogen and oxygen atoms in total. The lowest BCUT2D eigenvalue weighted by molar-refractivity contribution is 0.173. The summed E-state index contributed by atoms with van der Waals surface area (Å²) >= 11 is 0. The summed E-state index contributed by atoms with van der Waals surface area (Å²) in [4.78, 5) is 2.53. The number of nitrogens with zero attached hydrogens (tertiary/aromatic N) is 1. The van der Waals surface area contributed by atoms with E-state index in [9.17, 15) is 0 Å². The zero-order valence-electron chi connectivity index (χ0n) is 12.2. The van der Waals surface area contributed by atoms with Gasteiger partial charge < -0.3 is 10.6 Å². The first kappa shape index (κ1) is 15.9. The van der Waals surface area contributed by atoms with Gasteiger partial charge in [0.25, 0.3) is 0 Å². The van der Waals surface area contributed by atoms with Crippen molar-refractivity contribution in [2.75, 3.05) is 19.6 Å². The van der Waals surface area contributed by atoms with Gasteiger partial charge in [-0.2, -0.15) is 0 Å². The van der Waals surface area contributed by atoms with Crippen LogP contribution in [0.5, 0.6) is 0 Å². The van der Waals surface area contributed by atoms with E-state index in [1.807, 2.05) is 0 Å². The Hall–Kier alpha value is -0.0800. The van der Waals surface area contributed by atoms with E-state index < -0.39 is 0 Å². The largest absolute Gasteiger partial charge is 0.324 e. The third-order valence-electron chi connectivity index (χ3n) is 2.65. The molecule has 2 heteroatoms. The molecule has 2 N–H and O–H groups in total. The normalized spacial score (nSPS) is 16.1. The summed E-state index contributed by atoms with van der Waals surface area (Å²) in [7, 11) is 0. The molecule has 0 heterocycles. The number of nitrogens with two attached hydrogens (primary N) is 1. The molecule has 0 aromatic rings. The van der Waals surface area contributed by atoms with Crippen LogP contribution in [0.25, 0.3) is 0 Å². The molecule has 0 aromatic carbocycles. The van der Waals surface area contributed by atoms with Crippen molar-refractivity contribution < 1.29 is 0 Å². The first-order chi connectivity index (χ1) is 7.26. The molecule has 98 valence electrons. The van der Waals surface area contributed by atoms with Gasteiger partial charge in [-0.05, 0) is 25.2 Å². The van der Waals surface area contributed by atoms with E-state index in [2.05, 4.69) is 46.4 Å². The van der Waals surface area contributed by atoms with Crippen LogP contribution >= 0.6 is 0 Å². The van der Waals surface area contributed by atoms with E-state index in [0.717, 1.165) is 37.9 Å². The molecule has 0 fully saturated rings. The minimum absolute atomic E-state index is 0.0292. The number of hydrogen-bond acceptors (Lipinski definition) is 2. The maximum atomic E-state index is 6.34. The Bertz CT molecular complexity index is 164. The summed E-state index contributed by atoms with van der Waals surface area (Å²) in [5.41, 5.74) is 6.31. The predicted molar refractivity (Wildman–Crippen MR) is 73.6 cm³/mol. The molecule has 0 bridgehead atoms. The van der Waals surface area contributed by atoms with Crippen LogP contribution in [0.1, 0.15) is 54.4 Å². The Kier molecular flexibility index (Phi) is 7.25. The molecular formula is C14H32N2. The van der Waals surface area contributed by atoms with Gasteiger partial charge in [0.05, 0.1) is 0 Å². The fourth-order valence-corrected chi connectivity index (χ4v) is 2.40. The van der Waals surface area contributed by atoms with E-state index in [0.29, 0.717) is 0 Å². The third kappa shape index (κ3) is 8.12. The highest BCUT2D eigenvalue weighted by Crippen LogP contribution is 2.13. The monoisotopic (exact) mass is 228 g/mol. The van der Waals surface area contributed by atoms with Crippen molar-refractivity contribution in [1.82, 2.24) is 4.90 Å². The molecule has 0 aromatic heterocycles. The average molecular weight is 228 g/mol. The van der Waals surface area contributed by atoms with Gasteiger partial charge in [0.2, 0.25) is 0 Å². The molecule has 0 aliphatic carbocycles. The summed E-state index contributed by atoms with van der Waals surface area (Å²) in [6.45, 7) is 16.9. The SMILES string of the molecule is CCCC(C)(N)CN(CC(C)C)CC(C)C. The van der Waals surface area contributed by atoms with Gasteiger partial charge in [-0.25, -0.2) is 0 Å². The third-order valence-corrected chi connectivity index (χ3v) is 2.65. The Balaban J connectivity index is 4.28. The van der Waals surface area contributed by atoms with Crippen LogP contribution in [0.15, 0.2) is 0 Å². The first-order valence-electron chi connectivity index (χ1n) is 6.78. The Morgan fingerprint density at radius 2 is 1.50 bits per heavy atom. The van der Waals surface area contributed by atoms with Gasteiger partial charge in [0.15, 0.2) is 0 Å². The van der Waals surface area contributed by atoms with Crippen LogP contribution in [0.2, 0.25) is 0 Å². The standard InChI is InChI=1S/C14H32N2/c1-7-8-14(6,15)11-16(9-12(2)3)10-13(4)5/h12-13H,7-11,15H2,1-6H3. The summed E-state index contributed by atoms with van der Waals surface area (Å²) in [6.07, 6.45) is 2.28. The topological polar surface area (TPSA) is 29.3 Å². The minimum Gasteiger partial charge on any atom is -0.324 e. The fraction of sp³-hybridized carbons (Fsp3) is 1.00. The number of hydrogen-bond donors (Lipinski definition) is 1. The summed E-state index contributed by atoms with van der Waals surface area (Å²) in [6, 6.07) is 0. The molecule has 0 saturated heterocycles. The van der Waals surface area contributed by atoms with E-state index in [1.54, 1.807) is 0 Å². The van der Waals surface area contributed by atoms with Gasteiger partial charge >= 0.3 is 0 Å². The summed E-state index contributed by atoms with van der Waals surface area (Å²) in [5.74, 6) is 1.44. The second-order valence-corrected chi connectivity index (χ2v) is 6.39. The van der Waals surface area contributed by atoms with E-state index >= 15 is 0 Å². The molecule has 0 radical (unpaired) electrons. The molecule has 0 rings (SSSR count). The molecule has 0 spiro atoms. The zero-order valence-corrected chi connectivity index (χ0v) is 12.2. The highest BCUT2D eigenvalue weighted by Gasteiger charge is 2.22. The van der Waals surface area contributed by atoms with Crippen LogP contribution in [-0.2, 0) is 0 Å².